The van der Waals surface area contributed by atoms with Crippen molar-refractivity contribution in [2.45, 2.75) is 70.5 Å². The van der Waals surface area contributed by atoms with E-state index in [0.29, 0.717) is 12.1 Å². The molecule has 108 valence electrons. The van der Waals surface area contributed by atoms with Crippen molar-refractivity contribution in [2.24, 2.45) is 0 Å². The summed E-state index contributed by atoms with van der Waals surface area (Å²) in [4.78, 5) is 4.24. The lowest BCUT2D eigenvalue weighted by Crippen LogP contribution is -2.35. The molecule has 1 saturated carbocycles. The molecule has 1 atom stereocenters. The first-order valence-electron chi connectivity index (χ1n) is 7.61. The molecule has 1 fully saturated rings. The Morgan fingerprint density at radius 1 is 1.32 bits per heavy atom. The molecule has 1 aliphatic rings. The summed E-state index contributed by atoms with van der Waals surface area (Å²) in [6, 6.07) is 0.922. The number of rotatable bonds is 5. The molecule has 0 bridgehead atoms. The van der Waals surface area contributed by atoms with Gasteiger partial charge in [0.25, 0.3) is 0 Å². The highest BCUT2D eigenvalue weighted by molar-refractivity contribution is 5.07. The van der Waals surface area contributed by atoms with Crippen LogP contribution in [0.2, 0.25) is 0 Å². The number of imidazole rings is 1. The van der Waals surface area contributed by atoms with Crippen LogP contribution < -0.4 is 5.32 Å². The summed E-state index contributed by atoms with van der Waals surface area (Å²) in [5.41, 5.74) is 1.10. The number of nitrogens with zero attached hydrogens (tertiary/aromatic N) is 2. The molecule has 0 radical (unpaired) electrons. The van der Waals surface area contributed by atoms with E-state index >= 15 is 0 Å². The van der Waals surface area contributed by atoms with Crippen LogP contribution in [0.3, 0.4) is 0 Å². The van der Waals surface area contributed by atoms with Gasteiger partial charge in [-0.1, -0.05) is 25.7 Å². The molecule has 4 heteroatoms. The van der Waals surface area contributed by atoms with Crippen LogP contribution >= 0.6 is 0 Å². The van der Waals surface area contributed by atoms with Crippen molar-refractivity contribution >= 4 is 0 Å². The Balaban J connectivity index is 2.04. The maximum atomic E-state index is 9.70. The largest absolute Gasteiger partial charge is 0.394 e. The highest BCUT2D eigenvalue weighted by Crippen LogP contribution is 2.22. The summed E-state index contributed by atoms with van der Waals surface area (Å²) in [6.07, 6.45) is 11.5. The second-order valence-corrected chi connectivity index (χ2v) is 5.91. The minimum absolute atomic E-state index is 0.00741. The molecule has 0 aromatic carbocycles. The number of hydrogen-bond acceptors (Lipinski definition) is 3. The predicted octanol–water partition coefficient (Wildman–Crippen LogP) is 2.81. The standard InChI is InChI=1S/C15H27N3O/c1-12(2)18-11-16-9-15(18)14(10-19)17-13-7-5-3-4-6-8-13/h9,11-14,17,19H,3-8,10H2,1-2H3. The predicted molar refractivity (Wildman–Crippen MR) is 77.1 cm³/mol. The van der Waals surface area contributed by atoms with Crippen molar-refractivity contribution in [1.29, 1.82) is 0 Å². The molecule has 1 aliphatic carbocycles. The monoisotopic (exact) mass is 265 g/mol. The number of aliphatic hydroxyl groups excluding tert-OH is 1. The van der Waals surface area contributed by atoms with Gasteiger partial charge in [0, 0.05) is 18.3 Å². The number of aromatic nitrogens is 2. The minimum Gasteiger partial charge on any atom is -0.394 e. The second kappa shape index (κ2) is 7.06. The molecule has 19 heavy (non-hydrogen) atoms. The van der Waals surface area contributed by atoms with Crippen LogP contribution in [0, 0.1) is 0 Å². The van der Waals surface area contributed by atoms with E-state index in [4.69, 9.17) is 0 Å². The molecule has 2 rings (SSSR count). The first-order chi connectivity index (χ1) is 9.22. The van der Waals surface area contributed by atoms with E-state index in [1.807, 2.05) is 12.5 Å². The molecule has 1 aromatic heterocycles. The van der Waals surface area contributed by atoms with Crippen molar-refractivity contribution in [1.82, 2.24) is 14.9 Å². The van der Waals surface area contributed by atoms with Gasteiger partial charge in [-0.25, -0.2) is 4.98 Å². The molecule has 4 nitrogen and oxygen atoms in total. The highest BCUT2D eigenvalue weighted by Gasteiger charge is 2.21. The van der Waals surface area contributed by atoms with Gasteiger partial charge in [-0.2, -0.15) is 0 Å². The van der Waals surface area contributed by atoms with Gasteiger partial charge in [-0.3, -0.25) is 0 Å². The molecule has 1 heterocycles. The van der Waals surface area contributed by atoms with Crippen LogP contribution in [0.1, 0.15) is 70.2 Å². The molecular weight excluding hydrogens is 238 g/mol. The Kier molecular flexibility index (Phi) is 5.40. The first kappa shape index (κ1) is 14.5. The van der Waals surface area contributed by atoms with Crippen LogP contribution in [0.4, 0.5) is 0 Å². The lowest BCUT2D eigenvalue weighted by molar-refractivity contribution is 0.221. The Bertz CT molecular complexity index is 367. The van der Waals surface area contributed by atoms with Crippen LogP contribution in [-0.2, 0) is 0 Å². The zero-order valence-corrected chi connectivity index (χ0v) is 12.2. The van der Waals surface area contributed by atoms with E-state index in [1.54, 1.807) is 0 Å². The van der Waals surface area contributed by atoms with Gasteiger partial charge in [0.2, 0.25) is 0 Å². The molecular formula is C15H27N3O. The summed E-state index contributed by atoms with van der Waals surface area (Å²) in [5.74, 6) is 0. The van der Waals surface area contributed by atoms with Gasteiger partial charge in [-0.05, 0) is 26.7 Å². The number of aliphatic hydroxyl groups is 1. The third kappa shape index (κ3) is 3.80. The van der Waals surface area contributed by atoms with E-state index in [0.717, 1.165) is 5.69 Å². The van der Waals surface area contributed by atoms with E-state index in [9.17, 15) is 5.11 Å². The van der Waals surface area contributed by atoms with Gasteiger partial charge in [0.1, 0.15) is 0 Å². The molecule has 2 N–H and O–H groups in total. The first-order valence-corrected chi connectivity index (χ1v) is 7.61. The van der Waals surface area contributed by atoms with E-state index in [1.165, 1.54) is 38.5 Å². The fourth-order valence-corrected chi connectivity index (χ4v) is 2.98. The molecule has 0 aliphatic heterocycles. The van der Waals surface area contributed by atoms with Gasteiger partial charge in [0.15, 0.2) is 0 Å². The normalized spacial score (nSPS) is 19.6. The Morgan fingerprint density at radius 2 is 2.00 bits per heavy atom. The van der Waals surface area contributed by atoms with E-state index < -0.39 is 0 Å². The fourth-order valence-electron chi connectivity index (χ4n) is 2.98. The zero-order chi connectivity index (χ0) is 13.7. The molecule has 0 amide bonds. The highest BCUT2D eigenvalue weighted by atomic mass is 16.3. The van der Waals surface area contributed by atoms with Crippen molar-refractivity contribution in [3.63, 3.8) is 0 Å². The smallest absolute Gasteiger partial charge is 0.0951 e. The average Bonchev–Trinajstić information content (AvgIpc) is 2.74. The van der Waals surface area contributed by atoms with Crippen LogP contribution in [-0.4, -0.2) is 27.3 Å². The Hall–Kier alpha value is -0.870. The second-order valence-electron chi connectivity index (χ2n) is 5.91. The average molecular weight is 265 g/mol. The number of hydrogen-bond donors (Lipinski definition) is 2. The van der Waals surface area contributed by atoms with Crippen LogP contribution in [0.15, 0.2) is 12.5 Å². The summed E-state index contributed by atoms with van der Waals surface area (Å²) < 4.78 is 2.14. The Labute approximate surface area is 116 Å². The van der Waals surface area contributed by atoms with Crippen LogP contribution in [0.25, 0.3) is 0 Å². The summed E-state index contributed by atoms with van der Waals surface area (Å²) in [5, 5.41) is 13.3. The Morgan fingerprint density at radius 3 is 2.58 bits per heavy atom. The van der Waals surface area contributed by atoms with Crippen molar-refractivity contribution in [3.05, 3.63) is 18.2 Å². The third-order valence-corrected chi connectivity index (χ3v) is 4.08. The third-order valence-electron chi connectivity index (χ3n) is 4.08. The lowest BCUT2D eigenvalue weighted by Gasteiger charge is -2.25. The number of nitrogens with one attached hydrogen (secondary N) is 1. The van der Waals surface area contributed by atoms with Crippen molar-refractivity contribution in [2.75, 3.05) is 6.61 Å². The van der Waals surface area contributed by atoms with E-state index in [2.05, 4.69) is 28.7 Å². The lowest BCUT2D eigenvalue weighted by atomic mass is 10.1. The zero-order valence-electron chi connectivity index (χ0n) is 12.2. The molecule has 0 saturated heterocycles. The molecule has 1 unspecified atom stereocenters. The fraction of sp³-hybridized carbons (Fsp3) is 0.800. The van der Waals surface area contributed by atoms with Crippen LogP contribution in [0.5, 0.6) is 0 Å². The topological polar surface area (TPSA) is 50.1 Å². The van der Waals surface area contributed by atoms with Gasteiger partial charge < -0.3 is 15.0 Å². The molecule has 1 aromatic rings. The van der Waals surface area contributed by atoms with Gasteiger partial charge in [-0.15, -0.1) is 0 Å². The van der Waals surface area contributed by atoms with Gasteiger partial charge >= 0.3 is 0 Å². The SMILES string of the molecule is CC(C)n1cncc1C(CO)NC1CCCCCC1. The summed E-state index contributed by atoms with van der Waals surface area (Å²) >= 11 is 0. The summed E-state index contributed by atoms with van der Waals surface area (Å²) in [6.45, 7) is 4.42. The minimum atomic E-state index is 0.00741. The molecule has 0 spiro atoms. The van der Waals surface area contributed by atoms with E-state index in [-0.39, 0.29) is 12.6 Å². The maximum Gasteiger partial charge on any atom is 0.0951 e. The van der Waals surface area contributed by atoms with Crippen molar-refractivity contribution in [3.8, 4) is 0 Å². The van der Waals surface area contributed by atoms with Gasteiger partial charge in [0.05, 0.1) is 24.7 Å². The maximum absolute atomic E-state index is 9.70. The quantitative estimate of drug-likeness (QED) is 0.805. The summed E-state index contributed by atoms with van der Waals surface area (Å²) in [7, 11) is 0. The van der Waals surface area contributed by atoms with Crippen molar-refractivity contribution < 1.29 is 5.11 Å².